The van der Waals surface area contributed by atoms with Crippen molar-refractivity contribution in [2.45, 2.75) is 46.6 Å². The molecule has 17 heavy (non-hydrogen) atoms. The smallest absolute Gasteiger partial charge is 0.0163 e. The molecule has 0 amide bonds. The summed E-state index contributed by atoms with van der Waals surface area (Å²) in [5.41, 5.74) is 0.390. The van der Waals surface area contributed by atoms with Crippen LogP contribution in [0.4, 0.5) is 0 Å². The fourth-order valence-corrected chi connectivity index (χ4v) is 2.80. The molecule has 1 aliphatic heterocycles. The Morgan fingerprint density at radius 1 is 1.47 bits per heavy atom. The van der Waals surface area contributed by atoms with Gasteiger partial charge in [-0.15, -0.1) is 6.58 Å². The molecule has 1 saturated heterocycles. The summed E-state index contributed by atoms with van der Waals surface area (Å²) in [6.07, 6.45) is 4.73. The van der Waals surface area contributed by atoms with E-state index in [9.17, 15) is 0 Å². The predicted molar refractivity (Wildman–Crippen MR) is 76.3 cm³/mol. The molecule has 1 N–H and O–H groups in total. The van der Waals surface area contributed by atoms with E-state index in [2.05, 4.69) is 44.5 Å². The lowest BCUT2D eigenvalue weighted by Gasteiger charge is -2.41. The van der Waals surface area contributed by atoms with Crippen molar-refractivity contribution in [3.63, 3.8) is 0 Å². The zero-order valence-electron chi connectivity index (χ0n) is 12.1. The van der Waals surface area contributed by atoms with Crippen LogP contribution in [0, 0.1) is 11.3 Å². The average Bonchev–Trinajstić information content (AvgIpc) is 2.29. The lowest BCUT2D eigenvalue weighted by atomic mass is 9.74. The van der Waals surface area contributed by atoms with E-state index in [0.29, 0.717) is 11.5 Å². The van der Waals surface area contributed by atoms with Gasteiger partial charge in [-0.3, -0.25) is 4.90 Å². The number of hydrogen-bond acceptors (Lipinski definition) is 2. The first-order valence-electron chi connectivity index (χ1n) is 7.03. The first-order chi connectivity index (χ1) is 7.97. The molecular formula is C15H30N2. The molecule has 1 rings (SSSR count). The Morgan fingerprint density at radius 2 is 2.18 bits per heavy atom. The van der Waals surface area contributed by atoms with Crippen molar-refractivity contribution in [1.82, 2.24) is 10.2 Å². The molecular weight excluding hydrogens is 208 g/mol. The van der Waals surface area contributed by atoms with Crippen molar-refractivity contribution in [2.24, 2.45) is 11.3 Å². The van der Waals surface area contributed by atoms with Crippen molar-refractivity contribution in [1.29, 1.82) is 0 Å². The van der Waals surface area contributed by atoms with Crippen molar-refractivity contribution in [2.75, 3.05) is 26.2 Å². The SMILES string of the molecule is C=CCN(CC(C)(C)C1CCCNC1)C(C)C. The number of rotatable bonds is 6. The van der Waals surface area contributed by atoms with Gasteiger partial charge in [-0.05, 0) is 51.1 Å². The minimum Gasteiger partial charge on any atom is -0.316 e. The van der Waals surface area contributed by atoms with Gasteiger partial charge in [-0.1, -0.05) is 19.9 Å². The molecule has 0 aromatic heterocycles. The highest BCUT2D eigenvalue weighted by atomic mass is 15.1. The molecule has 1 heterocycles. The Labute approximate surface area is 107 Å². The van der Waals surface area contributed by atoms with Crippen LogP contribution >= 0.6 is 0 Å². The molecule has 1 atom stereocenters. The van der Waals surface area contributed by atoms with Crippen LogP contribution < -0.4 is 5.32 Å². The summed E-state index contributed by atoms with van der Waals surface area (Å²) in [6, 6.07) is 0.601. The summed E-state index contributed by atoms with van der Waals surface area (Å²) in [4.78, 5) is 2.53. The van der Waals surface area contributed by atoms with E-state index in [-0.39, 0.29) is 0 Å². The van der Waals surface area contributed by atoms with E-state index >= 15 is 0 Å². The number of hydrogen-bond donors (Lipinski definition) is 1. The lowest BCUT2D eigenvalue weighted by Crippen LogP contribution is -2.46. The third kappa shape index (κ3) is 4.44. The van der Waals surface area contributed by atoms with Gasteiger partial charge in [0.15, 0.2) is 0 Å². The van der Waals surface area contributed by atoms with Crippen LogP contribution in [0.3, 0.4) is 0 Å². The molecule has 0 spiro atoms. The van der Waals surface area contributed by atoms with Crippen LogP contribution in [0.15, 0.2) is 12.7 Å². The van der Waals surface area contributed by atoms with Crippen LogP contribution in [0.2, 0.25) is 0 Å². The Morgan fingerprint density at radius 3 is 2.65 bits per heavy atom. The second-order valence-electron chi connectivity index (χ2n) is 6.34. The molecule has 1 unspecified atom stereocenters. The summed E-state index contributed by atoms with van der Waals surface area (Å²) in [6.45, 7) is 17.8. The maximum Gasteiger partial charge on any atom is 0.0163 e. The van der Waals surface area contributed by atoms with Crippen LogP contribution in [0.25, 0.3) is 0 Å². The van der Waals surface area contributed by atoms with Gasteiger partial charge >= 0.3 is 0 Å². The first-order valence-corrected chi connectivity index (χ1v) is 7.03. The molecule has 0 bridgehead atoms. The van der Waals surface area contributed by atoms with Gasteiger partial charge < -0.3 is 5.32 Å². The highest BCUT2D eigenvalue weighted by Gasteiger charge is 2.32. The molecule has 2 heteroatoms. The lowest BCUT2D eigenvalue weighted by molar-refractivity contribution is 0.0904. The molecule has 0 aliphatic carbocycles. The Balaban J connectivity index is 2.58. The quantitative estimate of drug-likeness (QED) is 0.716. The summed E-state index contributed by atoms with van der Waals surface area (Å²) < 4.78 is 0. The Kier molecular flexibility index (Phi) is 5.68. The first kappa shape index (κ1) is 14.7. The van der Waals surface area contributed by atoms with E-state index in [1.807, 2.05) is 6.08 Å². The molecule has 2 nitrogen and oxygen atoms in total. The number of nitrogens with zero attached hydrogens (tertiary/aromatic N) is 1. The third-order valence-electron chi connectivity index (χ3n) is 4.11. The van der Waals surface area contributed by atoms with Gasteiger partial charge in [0.1, 0.15) is 0 Å². The second kappa shape index (κ2) is 6.55. The van der Waals surface area contributed by atoms with E-state index in [1.165, 1.54) is 32.5 Å². The van der Waals surface area contributed by atoms with Crippen LogP contribution in [-0.2, 0) is 0 Å². The van der Waals surface area contributed by atoms with Crippen LogP contribution in [-0.4, -0.2) is 37.1 Å². The van der Waals surface area contributed by atoms with E-state index in [1.54, 1.807) is 0 Å². The Hall–Kier alpha value is -0.340. The van der Waals surface area contributed by atoms with E-state index in [0.717, 1.165) is 12.5 Å². The van der Waals surface area contributed by atoms with Crippen molar-refractivity contribution < 1.29 is 0 Å². The van der Waals surface area contributed by atoms with Gasteiger partial charge in [0.05, 0.1) is 0 Å². The standard InChI is InChI=1S/C15H30N2/c1-6-10-17(13(2)3)12-15(4,5)14-8-7-9-16-11-14/h6,13-14,16H,1,7-12H2,2-5H3. The normalized spacial score (nSPS) is 22.1. The predicted octanol–water partition coefficient (Wildman–Crippen LogP) is 2.91. The molecule has 0 radical (unpaired) electrons. The van der Waals surface area contributed by atoms with Crippen LogP contribution in [0.1, 0.15) is 40.5 Å². The van der Waals surface area contributed by atoms with Gasteiger partial charge in [-0.2, -0.15) is 0 Å². The minimum atomic E-state index is 0.390. The minimum absolute atomic E-state index is 0.390. The number of nitrogens with one attached hydrogen (secondary N) is 1. The summed E-state index contributed by atoms with van der Waals surface area (Å²) in [7, 11) is 0. The molecule has 0 aromatic carbocycles. The maximum atomic E-state index is 3.87. The monoisotopic (exact) mass is 238 g/mol. The molecule has 100 valence electrons. The van der Waals surface area contributed by atoms with E-state index in [4.69, 9.17) is 0 Å². The maximum absolute atomic E-state index is 3.87. The number of piperidine rings is 1. The van der Waals surface area contributed by atoms with E-state index < -0.39 is 0 Å². The molecule has 1 fully saturated rings. The second-order valence-corrected chi connectivity index (χ2v) is 6.34. The van der Waals surface area contributed by atoms with Crippen LogP contribution in [0.5, 0.6) is 0 Å². The molecule has 0 saturated carbocycles. The highest BCUT2D eigenvalue weighted by Crippen LogP contribution is 2.33. The zero-order valence-corrected chi connectivity index (χ0v) is 12.1. The summed E-state index contributed by atoms with van der Waals surface area (Å²) in [5, 5.41) is 3.54. The van der Waals surface area contributed by atoms with Gasteiger partial charge in [-0.25, -0.2) is 0 Å². The van der Waals surface area contributed by atoms with Gasteiger partial charge in [0.2, 0.25) is 0 Å². The summed E-state index contributed by atoms with van der Waals surface area (Å²) >= 11 is 0. The molecule has 1 aliphatic rings. The fourth-order valence-electron chi connectivity index (χ4n) is 2.80. The van der Waals surface area contributed by atoms with Gasteiger partial charge in [0.25, 0.3) is 0 Å². The molecule has 0 aromatic rings. The van der Waals surface area contributed by atoms with Crippen molar-refractivity contribution in [3.05, 3.63) is 12.7 Å². The zero-order chi connectivity index (χ0) is 12.9. The highest BCUT2D eigenvalue weighted by molar-refractivity contribution is 4.88. The third-order valence-corrected chi connectivity index (χ3v) is 4.11. The van der Waals surface area contributed by atoms with Crippen molar-refractivity contribution in [3.8, 4) is 0 Å². The topological polar surface area (TPSA) is 15.3 Å². The van der Waals surface area contributed by atoms with Crippen molar-refractivity contribution >= 4 is 0 Å². The summed E-state index contributed by atoms with van der Waals surface area (Å²) in [5.74, 6) is 0.808. The van der Waals surface area contributed by atoms with Gasteiger partial charge in [0, 0.05) is 19.1 Å². The fraction of sp³-hybridized carbons (Fsp3) is 0.867. The largest absolute Gasteiger partial charge is 0.316 e. The Bertz CT molecular complexity index is 227. The average molecular weight is 238 g/mol.